The van der Waals surface area contributed by atoms with E-state index in [0.717, 1.165) is 39.4 Å². The Morgan fingerprint density at radius 3 is 2.60 bits per heavy atom. The molecule has 1 saturated heterocycles. The zero-order chi connectivity index (χ0) is 24.6. The summed E-state index contributed by atoms with van der Waals surface area (Å²) in [6.45, 7) is 8.97. The summed E-state index contributed by atoms with van der Waals surface area (Å²) in [7, 11) is -3.55. The predicted molar refractivity (Wildman–Crippen MR) is 137 cm³/mol. The number of anilines is 1. The monoisotopic (exact) mass is 512 g/mol. The van der Waals surface area contributed by atoms with Crippen LogP contribution in [-0.2, 0) is 10.0 Å². The number of piperazine rings is 1. The Morgan fingerprint density at radius 2 is 1.86 bits per heavy atom. The second-order valence-electron chi connectivity index (χ2n) is 8.83. The van der Waals surface area contributed by atoms with Gasteiger partial charge in [-0.25, -0.2) is 18.4 Å². The van der Waals surface area contributed by atoms with Crippen molar-refractivity contribution >= 4 is 38.1 Å². The fourth-order valence-corrected chi connectivity index (χ4v) is 7.21. The minimum Gasteiger partial charge on any atom is -0.366 e. The number of nitrogens with zero attached hydrogens (tertiary/aromatic N) is 5. The molecule has 0 radical (unpaired) electrons. The van der Waals surface area contributed by atoms with Crippen LogP contribution in [0.15, 0.2) is 51.5 Å². The molecule has 1 N–H and O–H groups in total. The van der Waals surface area contributed by atoms with Crippen LogP contribution in [0.3, 0.4) is 0 Å². The number of rotatable bonds is 7. The molecule has 0 bridgehead atoms. The van der Waals surface area contributed by atoms with Crippen molar-refractivity contribution in [2.24, 2.45) is 0 Å². The molecule has 3 aromatic heterocycles. The summed E-state index contributed by atoms with van der Waals surface area (Å²) < 4.78 is 33.8. The van der Waals surface area contributed by atoms with Crippen molar-refractivity contribution < 1.29 is 12.9 Å². The Morgan fingerprint density at radius 1 is 1.09 bits per heavy atom. The molecule has 184 valence electrons. The van der Waals surface area contributed by atoms with Crippen LogP contribution in [0.2, 0.25) is 0 Å². The number of thiophene rings is 1. The van der Waals surface area contributed by atoms with E-state index < -0.39 is 10.0 Å². The van der Waals surface area contributed by atoms with Crippen LogP contribution in [0.4, 0.5) is 5.82 Å². The average molecular weight is 513 g/mol. The molecule has 1 fully saturated rings. The molecule has 0 spiro atoms. The van der Waals surface area contributed by atoms with Gasteiger partial charge < -0.3 is 9.84 Å². The summed E-state index contributed by atoms with van der Waals surface area (Å²) in [5.41, 5.74) is 2.65. The molecular formula is C24H28N6O3S2. The first-order valence-corrected chi connectivity index (χ1v) is 13.8. The summed E-state index contributed by atoms with van der Waals surface area (Å²) in [6, 6.07) is 11.5. The number of aryl methyl sites for hydroxylation is 1. The fourth-order valence-electron chi connectivity index (χ4n) is 4.29. The molecule has 0 amide bonds. The van der Waals surface area contributed by atoms with Crippen LogP contribution in [0.1, 0.15) is 18.2 Å². The summed E-state index contributed by atoms with van der Waals surface area (Å²) in [4.78, 5) is 11.8. The van der Waals surface area contributed by atoms with Gasteiger partial charge in [-0.1, -0.05) is 17.3 Å². The van der Waals surface area contributed by atoms with E-state index in [1.165, 1.54) is 11.3 Å². The maximum atomic E-state index is 13.3. The Labute approximate surface area is 208 Å². The number of hydrogen-bond donors (Lipinski definition) is 1. The van der Waals surface area contributed by atoms with Crippen LogP contribution in [-0.4, -0.2) is 71.5 Å². The van der Waals surface area contributed by atoms with E-state index >= 15 is 0 Å². The number of benzene rings is 1. The van der Waals surface area contributed by atoms with Crippen LogP contribution >= 0.6 is 11.3 Å². The number of hydrogen-bond acceptors (Lipinski definition) is 9. The van der Waals surface area contributed by atoms with E-state index in [0.29, 0.717) is 36.1 Å². The van der Waals surface area contributed by atoms with E-state index in [1.54, 1.807) is 22.8 Å². The Hall–Kier alpha value is -2.86. The second kappa shape index (κ2) is 9.65. The first-order chi connectivity index (χ1) is 16.8. The second-order valence-corrected chi connectivity index (χ2v) is 12.1. The molecule has 1 aliphatic rings. The Balaban J connectivity index is 1.19. The molecule has 1 aliphatic heterocycles. The third-order valence-electron chi connectivity index (χ3n) is 6.35. The van der Waals surface area contributed by atoms with Crippen molar-refractivity contribution in [1.82, 2.24) is 24.3 Å². The van der Waals surface area contributed by atoms with Crippen LogP contribution < -0.4 is 5.32 Å². The highest BCUT2D eigenvalue weighted by Crippen LogP contribution is 2.35. The van der Waals surface area contributed by atoms with Gasteiger partial charge in [0.25, 0.3) is 10.0 Å². The van der Waals surface area contributed by atoms with Crippen molar-refractivity contribution in [3.63, 3.8) is 0 Å². The number of para-hydroxylation sites is 1. The minimum atomic E-state index is -3.55. The molecule has 0 saturated carbocycles. The zero-order valence-corrected chi connectivity index (χ0v) is 21.6. The third-order valence-corrected chi connectivity index (χ3v) is 9.80. The van der Waals surface area contributed by atoms with Gasteiger partial charge >= 0.3 is 0 Å². The zero-order valence-electron chi connectivity index (χ0n) is 19.9. The summed E-state index contributed by atoms with van der Waals surface area (Å²) >= 11 is 1.23. The number of aromatic nitrogens is 3. The molecular weight excluding hydrogens is 484 g/mol. The lowest BCUT2D eigenvalue weighted by Crippen LogP contribution is -2.50. The minimum absolute atomic E-state index is 0.143. The van der Waals surface area contributed by atoms with Crippen molar-refractivity contribution in [1.29, 1.82) is 0 Å². The van der Waals surface area contributed by atoms with Crippen LogP contribution in [0.25, 0.3) is 21.5 Å². The number of fused-ring (bicyclic) bond motifs is 1. The topological polar surface area (TPSA) is 104 Å². The molecule has 4 aromatic rings. The van der Waals surface area contributed by atoms with Gasteiger partial charge in [-0.15, -0.1) is 11.3 Å². The van der Waals surface area contributed by atoms with E-state index in [4.69, 9.17) is 4.52 Å². The van der Waals surface area contributed by atoms with Gasteiger partial charge in [0.05, 0.1) is 16.1 Å². The lowest BCUT2D eigenvalue weighted by atomic mass is 10.2. The van der Waals surface area contributed by atoms with Gasteiger partial charge in [0.2, 0.25) is 0 Å². The van der Waals surface area contributed by atoms with E-state index in [2.05, 4.69) is 32.3 Å². The van der Waals surface area contributed by atoms with Gasteiger partial charge in [0.15, 0.2) is 5.76 Å². The molecule has 0 unspecified atom stereocenters. The molecule has 5 rings (SSSR count). The van der Waals surface area contributed by atoms with Gasteiger partial charge in [0.1, 0.15) is 16.4 Å². The van der Waals surface area contributed by atoms with Crippen molar-refractivity contribution in [2.45, 2.75) is 31.0 Å². The highest BCUT2D eigenvalue weighted by molar-refractivity contribution is 7.91. The van der Waals surface area contributed by atoms with Gasteiger partial charge in [-0.2, -0.15) is 4.31 Å². The average Bonchev–Trinajstić information content (AvgIpc) is 3.47. The smallest absolute Gasteiger partial charge is 0.252 e. The van der Waals surface area contributed by atoms with E-state index in [9.17, 15) is 8.42 Å². The third kappa shape index (κ3) is 4.81. The normalized spacial score (nSPS) is 16.5. The summed E-state index contributed by atoms with van der Waals surface area (Å²) in [5, 5.41) is 8.46. The molecule has 9 nitrogen and oxygen atoms in total. The Kier molecular flexibility index (Phi) is 6.58. The largest absolute Gasteiger partial charge is 0.366 e. The molecule has 1 aromatic carbocycles. The molecule has 11 heteroatoms. The quantitative estimate of drug-likeness (QED) is 0.399. The lowest BCUT2D eigenvalue weighted by molar-refractivity contribution is 0.184. The molecule has 35 heavy (non-hydrogen) atoms. The summed E-state index contributed by atoms with van der Waals surface area (Å²) in [6.07, 6.45) is 1.57. The first kappa shape index (κ1) is 23.9. The van der Waals surface area contributed by atoms with Gasteiger partial charge in [-0.05, 0) is 45.0 Å². The van der Waals surface area contributed by atoms with Crippen molar-refractivity contribution in [3.05, 3.63) is 54.0 Å². The molecule has 0 aliphatic carbocycles. The molecule has 4 heterocycles. The van der Waals surface area contributed by atoms with Crippen LogP contribution in [0, 0.1) is 13.8 Å². The number of nitrogens with one attached hydrogen (secondary N) is 1. The SMILES string of the molecule is Cc1noc(-c2ccc(S(=O)(=O)N3CCN(C[C@H](C)Nc4ncnc5ccccc45)CC3)s2)c1C. The Bertz CT molecular complexity index is 1440. The standard InChI is InChI=1S/C24H28N6O3S2/c1-16(27-24-19-6-4-5-7-20(19)25-15-26-24)14-29-10-12-30(13-11-29)35(31,32)22-9-8-21(34-22)23-17(2)18(3)28-33-23/h4-9,15-16H,10-14H2,1-3H3,(H,25,26,27)/t16-/m0/s1. The van der Waals surface area contributed by atoms with Crippen molar-refractivity contribution in [3.8, 4) is 10.6 Å². The van der Waals surface area contributed by atoms with Crippen LogP contribution in [0.5, 0.6) is 0 Å². The maximum Gasteiger partial charge on any atom is 0.252 e. The highest BCUT2D eigenvalue weighted by atomic mass is 32.2. The van der Waals surface area contributed by atoms with E-state index in [1.807, 2.05) is 38.1 Å². The van der Waals surface area contributed by atoms with Gasteiger partial charge in [-0.3, -0.25) is 4.90 Å². The molecule has 1 atom stereocenters. The predicted octanol–water partition coefficient (Wildman–Crippen LogP) is 3.77. The van der Waals surface area contributed by atoms with Crippen molar-refractivity contribution in [2.75, 3.05) is 38.0 Å². The van der Waals surface area contributed by atoms with E-state index in [-0.39, 0.29) is 6.04 Å². The number of sulfonamides is 1. The van der Waals surface area contributed by atoms with Gasteiger partial charge in [0, 0.05) is 49.7 Å². The fraction of sp³-hybridized carbons (Fsp3) is 0.375. The lowest BCUT2D eigenvalue weighted by Gasteiger charge is -2.35. The maximum absolute atomic E-state index is 13.3. The highest BCUT2D eigenvalue weighted by Gasteiger charge is 2.30. The first-order valence-electron chi connectivity index (χ1n) is 11.5. The summed E-state index contributed by atoms with van der Waals surface area (Å²) in [5.74, 6) is 1.45.